The predicted octanol–water partition coefficient (Wildman–Crippen LogP) is 3.12. The predicted molar refractivity (Wildman–Crippen MR) is 80.5 cm³/mol. The van der Waals surface area contributed by atoms with Gasteiger partial charge in [-0.25, -0.2) is 4.98 Å². The summed E-state index contributed by atoms with van der Waals surface area (Å²) in [5, 5.41) is 18.5. The van der Waals surface area contributed by atoms with E-state index in [0.717, 1.165) is 37.4 Å². The topological polar surface area (TPSA) is 45.1 Å². The number of aromatic nitrogens is 1. The first kappa shape index (κ1) is 13.2. The monoisotopic (exact) mass is 294 g/mol. The minimum Gasteiger partial charge on any atom is -0.393 e. The number of nitrogens with one attached hydrogen (secondary N) is 1. The van der Waals surface area contributed by atoms with E-state index in [-0.39, 0.29) is 6.10 Å². The maximum atomic E-state index is 9.77. The molecule has 0 radical (unpaired) electrons. The number of thiophene rings is 1. The van der Waals surface area contributed by atoms with E-state index in [4.69, 9.17) is 0 Å². The highest BCUT2D eigenvalue weighted by atomic mass is 32.1. The van der Waals surface area contributed by atoms with Gasteiger partial charge >= 0.3 is 0 Å². The smallest absolute Gasteiger partial charge is 0.124 e. The van der Waals surface area contributed by atoms with Crippen LogP contribution in [0.3, 0.4) is 0 Å². The van der Waals surface area contributed by atoms with Gasteiger partial charge in [0.2, 0.25) is 0 Å². The minimum absolute atomic E-state index is 0.102. The van der Waals surface area contributed by atoms with Crippen LogP contribution >= 0.6 is 22.7 Å². The van der Waals surface area contributed by atoms with Crippen molar-refractivity contribution >= 4 is 22.7 Å². The number of rotatable bonds is 5. The van der Waals surface area contributed by atoms with E-state index >= 15 is 0 Å². The van der Waals surface area contributed by atoms with Crippen LogP contribution in [0.1, 0.15) is 24.1 Å². The summed E-state index contributed by atoms with van der Waals surface area (Å²) in [6.07, 6.45) is 5.13. The zero-order valence-electron chi connectivity index (χ0n) is 10.7. The second kappa shape index (κ2) is 6.13. The summed E-state index contributed by atoms with van der Waals surface area (Å²) in [5.41, 5.74) is 1.22. The molecule has 0 saturated heterocycles. The van der Waals surface area contributed by atoms with Crippen molar-refractivity contribution in [3.63, 3.8) is 0 Å². The molecule has 2 atom stereocenters. The second-order valence-corrected chi connectivity index (χ2v) is 6.93. The first-order valence-corrected chi connectivity index (χ1v) is 8.45. The van der Waals surface area contributed by atoms with Gasteiger partial charge in [0.15, 0.2) is 0 Å². The van der Waals surface area contributed by atoms with Crippen molar-refractivity contribution in [1.29, 1.82) is 0 Å². The van der Waals surface area contributed by atoms with Crippen molar-refractivity contribution in [3.05, 3.63) is 27.9 Å². The molecule has 2 aromatic rings. The molecule has 0 spiro atoms. The average molecular weight is 294 g/mol. The Labute approximate surface area is 121 Å². The molecule has 2 unspecified atom stereocenters. The molecule has 0 amide bonds. The summed E-state index contributed by atoms with van der Waals surface area (Å²) in [5.74, 6) is 0.435. The summed E-state index contributed by atoms with van der Waals surface area (Å²) < 4.78 is 0. The van der Waals surface area contributed by atoms with Crippen molar-refractivity contribution < 1.29 is 5.11 Å². The Morgan fingerprint density at radius 3 is 3.11 bits per heavy atom. The molecule has 2 aromatic heterocycles. The van der Waals surface area contributed by atoms with Gasteiger partial charge in [-0.15, -0.1) is 11.3 Å². The Morgan fingerprint density at radius 1 is 1.42 bits per heavy atom. The molecule has 2 heterocycles. The molecule has 19 heavy (non-hydrogen) atoms. The highest BCUT2D eigenvalue weighted by Crippen LogP contribution is 2.27. The van der Waals surface area contributed by atoms with E-state index in [1.165, 1.54) is 10.4 Å². The molecule has 1 aliphatic carbocycles. The van der Waals surface area contributed by atoms with Crippen molar-refractivity contribution in [2.75, 3.05) is 6.54 Å². The van der Waals surface area contributed by atoms with Crippen LogP contribution in [-0.2, 0) is 6.54 Å². The number of hydrogen-bond donors (Lipinski definition) is 2. The minimum atomic E-state index is -0.102. The van der Waals surface area contributed by atoms with Gasteiger partial charge in [0, 0.05) is 35.1 Å². The molecule has 1 fully saturated rings. The first-order valence-electron chi connectivity index (χ1n) is 6.69. The molecule has 5 heteroatoms. The summed E-state index contributed by atoms with van der Waals surface area (Å²) >= 11 is 3.45. The van der Waals surface area contributed by atoms with Crippen LogP contribution in [0.5, 0.6) is 0 Å². The summed E-state index contributed by atoms with van der Waals surface area (Å²) in [7, 11) is 0. The Hall–Kier alpha value is -0.750. The Morgan fingerprint density at radius 2 is 2.37 bits per heavy atom. The number of aliphatic hydroxyl groups is 1. The van der Waals surface area contributed by atoms with E-state index in [2.05, 4.69) is 27.1 Å². The van der Waals surface area contributed by atoms with Gasteiger partial charge in [0.25, 0.3) is 0 Å². The largest absolute Gasteiger partial charge is 0.393 e. The van der Waals surface area contributed by atoms with Gasteiger partial charge in [-0.2, -0.15) is 11.3 Å². The highest BCUT2D eigenvalue weighted by molar-refractivity contribution is 7.15. The van der Waals surface area contributed by atoms with Crippen molar-refractivity contribution in [2.45, 2.75) is 31.9 Å². The summed E-state index contributed by atoms with van der Waals surface area (Å²) in [6, 6.07) is 2.11. The zero-order chi connectivity index (χ0) is 13.1. The van der Waals surface area contributed by atoms with Crippen LogP contribution in [-0.4, -0.2) is 22.7 Å². The summed E-state index contributed by atoms with van der Waals surface area (Å²) in [4.78, 5) is 5.72. The van der Waals surface area contributed by atoms with E-state index in [1.54, 1.807) is 22.7 Å². The van der Waals surface area contributed by atoms with Crippen LogP contribution in [0, 0.1) is 5.92 Å². The number of hydrogen-bond acceptors (Lipinski definition) is 5. The lowest BCUT2D eigenvalue weighted by Crippen LogP contribution is -2.27. The molecule has 0 aromatic carbocycles. The third kappa shape index (κ3) is 3.23. The normalized spacial score (nSPS) is 23.0. The maximum absolute atomic E-state index is 9.77. The van der Waals surface area contributed by atoms with Gasteiger partial charge in [0.1, 0.15) is 5.01 Å². The lowest BCUT2D eigenvalue weighted by atomic mass is 10.1. The molecule has 1 aliphatic rings. The van der Waals surface area contributed by atoms with E-state index in [9.17, 15) is 5.11 Å². The number of thiazole rings is 1. The fourth-order valence-corrected chi connectivity index (χ4v) is 4.14. The molecule has 2 N–H and O–H groups in total. The van der Waals surface area contributed by atoms with Gasteiger partial charge in [-0.05, 0) is 30.2 Å². The van der Waals surface area contributed by atoms with Crippen molar-refractivity contribution in [2.24, 2.45) is 5.92 Å². The number of aliphatic hydroxyl groups excluding tert-OH is 1. The summed E-state index contributed by atoms with van der Waals surface area (Å²) in [6.45, 7) is 1.76. The van der Waals surface area contributed by atoms with Gasteiger partial charge < -0.3 is 10.4 Å². The quantitative estimate of drug-likeness (QED) is 0.890. The van der Waals surface area contributed by atoms with Crippen LogP contribution in [0.2, 0.25) is 0 Å². The first-order chi connectivity index (χ1) is 9.33. The van der Waals surface area contributed by atoms with E-state index < -0.39 is 0 Å². The molecule has 3 rings (SSSR count). The average Bonchev–Trinajstić information content (AvgIpc) is 3.11. The zero-order valence-corrected chi connectivity index (χ0v) is 12.3. The van der Waals surface area contributed by atoms with Gasteiger partial charge in [-0.3, -0.25) is 0 Å². The maximum Gasteiger partial charge on any atom is 0.124 e. The third-order valence-electron chi connectivity index (χ3n) is 3.65. The highest BCUT2D eigenvalue weighted by Gasteiger charge is 2.24. The fraction of sp³-hybridized carbons (Fsp3) is 0.500. The Balaban J connectivity index is 1.50. The SMILES string of the molecule is OC1CCCC1CNCc1cnc(-c2ccsc2)s1. The van der Waals surface area contributed by atoms with Crippen molar-refractivity contribution in [1.82, 2.24) is 10.3 Å². The van der Waals surface area contributed by atoms with Crippen LogP contribution in [0.25, 0.3) is 10.6 Å². The van der Waals surface area contributed by atoms with Gasteiger partial charge in [-0.1, -0.05) is 6.42 Å². The van der Waals surface area contributed by atoms with Gasteiger partial charge in [0.05, 0.1) is 6.10 Å². The van der Waals surface area contributed by atoms with Crippen LogP contribution in [0.4, 0.5) is 0 Å². The molecular weight excluding hydrogens is 276 g/mol. The number of nitrogens with zero attached hydrogens (tertiary/aromatic N) is 1. The second-order valence-electron chi connectivity index (χ2n) is 5.03. The lowest BCUT2D eigenvalue weighted by molar-refractivity contribution is 0.131. The van der Waals surface area contributed by atoms with E-state index in [0.29, 0.717) is 5.92 Å². The van der Waals surface area contributed by atoms with Crippen molar-refractivity contribution in [3.8, 4) is 10.6 Å². The molecule has 0 bridgehead atoms. The van der Waals surface area contributed by atoms with E-state index in [1.807, 2.05) is 6.20 Å². The molecule has 102 valence electrons. The lowest BCUT2D eigenvalue weighted by Gasteiger charge is -2.14. The Bertz CT molecular complexity index is 509. The molecule has 3 nitrogen and oxygen atoms in total. The molecule has 1 saturated carbocycles. The third-order valence-corrected chi connectivity index (χ3v) is 5.38. The molecular formula is C14H18N2OS2. The Kier molecular flexibility index (Phi) is 4.28. The molecule has 0 aliphatic heterocycles. The van der Waals surface area contributed by atoms with Crippen LogP contribution in [0.15, 0.2) is 23.0 Å². The fourth-order valence-electron chi connectivity index (χ4n) is 2.54. The van der Waals surface area contributed by atoms with Crippen LogP contribution < -0.4 is 5.32 Å². The standard InChI is InChI=1S/C14H18N2OS2/c17-13-3-1-2-10(13)6-15-7-12-8-16-14(19-12)11-4-5-18-9-11/h4-5,8-10,13,15,17H,1-3,6-7H2.